The van der Waals surface area contributed by atoms with E-state index in [1.807, 2.05) is 42.5 Å². The zero-order chi connectivity index (χ0) is 12.4. The van der Waals surface area contributed by atoms with Crippen molar-refractivity contribution in [2.45, 2.75) is 12.5 Å². The minimum atomic E-state index is -0.591. The molecular weight excluding hydrogens is 244 g/mol. The molecule has 0 fully saturated rings. The third kappa shape index (κ3) is 2.25. The normalized spacial score (nSPS) is 12.7. The summed E-state index contributed by atoms with van der Waals surface area (Å²) >= 11 is 1.62. The maximum atomic E-state index is 10.1. The first-order valence-corrected chi connectivity index (χ1v) is 6.58. The average Bonchev–Trinajstić information content (AvgIpc) is 2.82. The van der Waals surface area contributed by atoms with Crippen LogP contribution in [0.3, 0.4) is 0 Å². The minimum Gasteiger partial charge on any atom is -0.386 e. The van der Waals surface area contributed by atoms with E-state index in [2.05, 4.69) is 9.97 Å². The first-order chi connectivity index (χ1) is 8.83. The monoisotopic (exact) mass is 256 g/mol. The Labute approximate surface area is 109 Å². The summed E-state index contributed by atoms with van der Waals surface area (Å²) < 4.78 is 1.15. The number of aliphatic hydroxyl groups excluding tert-OH is 1. The lowest BCUT2D eigenvalue weighted by Gasteiger charge is -2.06. The van der Waals surface area contributed by atoms with Gasteiger partial charge in [-0.05, 0) is 24.3 Å². The molecule has 0 radical (unpaired) electrons. The van der Waals surface area contributed by atoms with Crippen molar-refractivity contribution in [2.75, 3.05) is 0 Å². The van der Waals surface area contributed by atoms with E-state index >= 15 is 0 Å². The van der Waals surface area contributed by atoms with Crippen LogP contribution in [-0.2, 0) is 6.42 Å². The van der Waals surface area contributed by atoms with Gasteiger partial charge in [0.25, 0.3) is 0 Å². The van der Waals surface area contributed by atoms with Gasteiger partial charge in [-0.25, -0.2) is 4.98 Å². The van der Waals surface area contributed by atoms with Crippen LogP contribution < -0.4 is 0 Å². The summed E-state index contributed by atoms with van der Waals surface area (Å²) in [6.07, 6.45) is 1.61. The average molecular weight is 256 g/mol. The van der Waals surface area contributed by atoms with Crippen LogP contribution in [0.1, 0.15) is 16.8 Å². The molecule has 0 aliphatic heterocycles. The Morgan fingerprint density at radius 2 is 1.94 bits per heavy atom. The van der Waals surface area contributed by atoms with Gasteiger partial charge < -0.3 is 5.11 Å². The molecule has 3 aromatic rings. The number of nitrogens with zero attached hydrogens (tertiary/aromatic N) is 2. The molecule has 3 rings (SSSR count). The molecule has 2 heterocycles. The number of aromatic nitrogens is 2. The van der Waals surface area contributed by atoms with Crippen LogP contribution in [0.4, 0.5) is 0 Å². The Hall–Kier alpha value is -1.78. The summed E-state index contributed by atoms with van der Waals surface area (Å²) in [7, 11) is 0. The fraction of sp³-hybridized carbons (Fsp3) is 0.143. The van der Waals surface area contributed by atoms with Gasteiger partial charge in [0.2, 0.25) is 0 Å². The van der Waals surface area contributed by atoms with E-state index in [0.29, 0.717) is 12.1 Å². The van der Waals surface area contributed by atoms with Crippen molar-refractivity contribution in [3.05, 3.63) is 59.4 Å². The van der Waals surface area contributed by atoms with Gasteiger partial charge >= 0.3 is 0 Å². The Bertz CT molecular complexity index is 618. The van der Waals surface area contributed by atoms with E-state index in [9.17, 15) is 5.11 Å². The molecule has 0 saturated heterocycles. The van der Waals surface area contributed by atoms with Crippen molar-refractivity contribution < 1.29 is 5.11 Å². The molecule has 0 saturated carbocycles. The van der Waals surface area contributed by atoms with Crippen LogP contribution >= 0.6 is 11.3 Å². The van der Waals surface area contributed by atoms with E-state index < -0.39 is 6.10 Å². The number of pyridine rings is 1. The van der Waals surface area contributed by atoms with E-state index in [1.165, 1.54) is 0 Å². The molecule has 0 amide bonds. The molecule has 1 N–H and O–H groups in total. The Morgan fingerprint density at radius 3 is 2.72 bits per heavy atom. The molecule has 0 spiro atoms. The highest BCUT2D eigenvalue weighted by atomic mass is 32.1. The van der Waals surface area contributed by atoms with Crippen LogP contribution in [0.25, 0.3) is 10.2 Å². The zero-order valence-electron chi connectivity index (χ0n) is 9.65. The summed E-state index contributed by atoms with van der Waals surface area (Å²) in [4.78, 5) is 8.66. The Balaban J connectivity index is 1.84. The van der Waals surface area contributed by atoms with E-state index in [1.54, 1.807) is 17.5 Å². The lowest BCUT2D eigenvalue weighted by Crippen LogP contribution is -2.03. The summed E-state index contributed by atoms with van der Waals surface area (Å²) in [6.45, 7) is 0. The standard InChI is InChI=1S/C14H12N2OS/c17-12(10-5-3-4-8-15-10)9-14-16-11-6-1-2-7-13(11)18-14/h1-8,12,17H,9H2. The molecule has 0 bridgehead atoms. The quantitative estimate of drug-likeness (QED) is 0.783. The predicted molar refractivity (Wildman–Crippen MR) is 72.5 cm³/mol. The number of para-hydroxylation sites is 1. The van der Waals surface area contributed by atoms with Crippen LogP contribution in [0.2, 0.25) is 0 Å². The predicted octanol–water partition coefficient (Wildman–Crippen LogP) is 2.97. The SMILES string of the molecule is OC(Cc1nc2ccccc2s1)c1ccccn1. The fourth-order valence-corrected chi connectivity index (χ4v) is 2.85. The van der Waals surface area contributed by atoms with Crippen LogP contribution in [0.15, 0.2) is 48.7 Å². The number of thiazole rings is 1. The van der Waals surface area contributed by atoms with E-state index in [4.69, 9.17) is 0 Å². The first kappa shape index (κ1) is 11.3. The number of fused-ring (bicyclic) bond motifs is 1. The number of hydrogen-bond acceptors (Lipinski definition) is 4. The largest absolute Gasteiger partial charge is 0.386 e. The van der Waals surface area contributed by atoms with Gasteiger partial charge in [-0.15, -0.1) is 11.3 Å². The molecule has 1 unspecified atom stereocenters. The van der Waals surface area contributed by atoms with Crippen LogP contribution in [0, 0.1) is 0 Å². The lowest BCUT2D eigenvalue weighted by molar-refractivity contribution is 0.173. The number of aliphatic hydroxyl groups is 1. The van der Waals surface area contributed by atoms with E-state index in [-0.39, 0.29) is 0 Å². The molecule has 1 aromatic carbocycles. The molecular formula is C14H12N2OS. The zero-order valence-corrected chi connectivity index (χ0v) is 10.5. The Kier molecular flexibility index (Phi) is 3.04. The second kappa shape index (κ2) is 4.84. The van der Waals surface area contributed by atoms with Crippen molar-refractivity contribution in [1.82, 2.24) is 9.97 Å². The lowest BCUT2D eigenvalue weighted by atomic mass is 10.2. The van der Waals surface area contributed by atoms with Gasteiger partial charge in [-0.2, -0.15) is 0 Å². The number of rotatable bonds is 3. The van der Waals surface area contributed by atoms with Crippen molar-refractivity contribution in [3.63, 3.8) is 0 Å². The van der Waals surface area contributed by atoms with Crippen molar-refractivity contribution >= 4 is 21.6 Å². The highest BCUT2D eigenvalue weighted by Crippen LogP contribution is 2.25. The molecule has 0 aliphatic rings. The third-order valence-electron chi connectivity index (χ3n) is 2.74. The second-order valence-electron chi connectivity index (χ2n) is 4.05. The number of hydrogen-bond donors (Lipinski definition) is 1. The van der Waals surface area contributed by atoms with Crippen LogP contribution in [-0.4, -0.2) is 15.1 Å². The second-order valence-corrected chi connectivity index (χ2v) is 5.17. The highest BCUT2D eigenvalue weighted by Gasteiger charge is 2.12. The highest BCUT2D eigenvalue weighted by molar-refractivity contribution is 7.18. The summed E-state index contributed by atoms with van der Waals surface area (Å²) in [5.74, 6) is 0. The Morgan fingerprint density at radius 1 is 1.11 bits per heavy atom. The maximum absolute atomic E-state index is 10.1. The van der Waals surface area contributed by atoms with Gasteiger partial charge in [0.1, 0.15) is 6.10 Å². The van der Waals surface area contributed by atoms with Crippen LogP contribution in [0.5, 0.6) is 0 Å². The van der Waals surface area contributed by atoms with Gasteiger partial charge in [-0.1, -0.05) is 18.2 Å². The van der Waals surface area contributed by atoms with Crippen molar-refractivity contribution in [1.29, 1.82) is 0 Å². The molecule has 1 atom stereocenters. The van der Waals surface area contributed by atoms with Gasteiger partial charge in [0.15, 0.2) is 0 Å². The first-order valence-electron chi connectivity index (χ1n) is 5.76. The molecule has 18 heavy (non-hydrogen) atoms. The van der Waals surface area contributed by atoms with Gasteiger partial charge in [-0.3, -0.25) is 4.98 Å². The number of benzene rings is 1. The third-order valence-corrected chi connectivity index (χ3v) is 3.79. The summed E-state index contributed by atoms with van der Waals surface area (Å²) in [5.41, 5.74) is 1.68. The minimum absolute atomic E-state index is 0.510. The molecule has 0 aliphatic carbocycles. The van der Waals surface area contributed by atoms with Crippen molar-refractivity contribution in [3.8, 4) is 0 Å². The smallest absolute Gasteiger partial charge is 0.102 e. The molecule has 3 nitrogen and oxygen atoms in total. The molecule has 4 heteroatoms. The fourth-order valence-electron chi connectivity index (χ4n) is 1.85. The van der Waals surface area contributed by atoms with Gasteiger partial charge in [0, 0.05) is 12.6 Å². The van der Waals surface area contributed by atoms with Gasteiger partial charge in [0.05, 0.1) is 20.9 Å². The van der Waals surface area contributed by atoms with E-state index in [0.717, 1.165) is 15.2 Å². The molecule has 90 valence electrons. The molecule has 2 aromatic heterocycles. The summed E-state index contributed by atoms with van der Waals surface area (Å²) in [5, 5.41) is 11.0. The topological polar surface area (TPSA) is 46.0 Å². The summed E-state index contributed by atoms with van der Waals surface area (Å²) in [6, 6.07) is 13.6. The maximum Gasteiger partial charge on any atom is 0.102 e. The van der Waals surface area contributed by atoms with Crippen molar-refractivity contribution in [2.24, 2.45) is 0 Å².